The summed E-state index contributed by atoms with van der Waals surface area (Å²) in [4.78, 5) is 10.8. The van der Waals surface area contributed by atoms with Crippen molar-refractivity contribution in [2.24, 2.45) is 0 Å². The maximum Gasteiger partial charge on any atom is 0.339 e. The van der Waals surface area contributed by atoms with Gasteiger partial charge in [-0.05, 0) is 18.4 Å². The average Bonchev–Trinajstić information content (AvgIpc) is 2.19. The first-order chi connectivity index (χ1) is 6.75. The van der Waals surface area contributed by atoms with E-state index in [1.165, 1.54) is 6.07 Å². The fraction of sp³-hybridized carbons (Fsp3) is 0.300. The number of rotatable bonds is 5. The van der Waals surface area contributed by atoms with E-state index in [0.717, 1.165) is 5.75 Å². The summed E-state index contributed by atoms with van der Waals surface area (Å²) in [5.41, 5.74) is 0.216. The first-order valence-electron chi connectivity index (χ1n) is 4.19. The molecule has 0 fully saturated rings. The molecule has 1 rings (SSSR count). The van der Waals surface area contributed by atoms with Gasteiger partial charge in [0.2, 0.25) is 0 Å². The quantitative estimate of drug-likeness (QED) is 0.759. The summed E-state index contributed by atoms with van der Waals surface area (Å²) < 4.78 is 5.34. The highest BCUT2D eigenvalue weighted by Gasteiger charge is 2.09. The van der Waals surface area contributed by atoms with E-state index >= 15 is 0 Å². The smallest absolute Gasteiger partial charge is 0.339 e. The van der Waals surface area contributed by atoms with Crippen molar-refractivity contribution in [1.29, 1.82) is 0 Å². The number of ether oxygens (including phenoxy) is 1. The molecule has 1 aromatic rings. The molecule has 1 N–H and O–H groups in total. The van der Waals surface area contributed by atoms with Crippen LogP contribution in [0.3, 0.4) is 0 Å². The third-order valence-corrected chi connectivity index (χ3v) is 2.24. The summed E-state index contributed by atoms with van der Waals surface area (Å²) in [6.07, 6.45) is 1.98. The number of para-hydroxylation sites is 1. The van der Waals surface area contributed by atoms with E-state index in [1.54, 1.807) is 30.0 Å². The molecular formula is C10H12O3S. The van der Waals surface area contributed by atoms with Crippen molar-refractivity contribution in [1.82, 2.24) is 0 Å². The van der Waals surface area contributed by atoms with Gasteiger partial charge in [-0.3, -0.25) is 0 Å². The van der Waals surface area contributed by atoms with Gasteiger partial charge >= 0.3 is 5.97 Å². The topological polar surface area (TPSA) is 46.5 Å². The van der Waals surface area contributed by atoms with Gasteiger partial charge in [-0.1, -0.05) is 12.1 Å². The molecule has 3 nitrogen and oxygen atoms in total. The zero-order valence-corrected chi connectivity index (χ0v) is 8.71. The van der Waals surface area contributed by atoms with Crippen molar-refractivity contribution < 1.29 is 14.6 Å². The molecule has 0 aliphatic rings. The predicted octanol–water partition coefficient (Wildman–Crippen LogP) is 2.13. The van der Waals surface area contributed by atoms with Gasteiger partial charge < -0.3 is 9.84 Å². The van der Waals surface area contributed by atoms with Crippen LogP contribution in [0.25, 0.3) is 0 Å². The molecule has 0 bridgehead atoms. The standard InChI is InChI=1S/C10H12O3S/c1-14-7-6-13-9-5-3-2-4-8(9)10(11)12/h2-5H,6-7H2,1H3,(H,11,12). The molecule has 4 heteroatoms. The Morgan fingerprint density at radius 2 is 2.21 bits per heavy atom. The van der Waals surface area contributed by atoms with Gasteiger partial charge in [0.15, 0.2) is 0 Å². The molecule has 0 unspecified atom stereocenters. The number of carboxylic acids is 1. The number of carbonyl (C=O) groups is 1. The van der Waals surface area contributed by atoms with Gasteiger partial charge in [0.25, 0.3) is 0 Å². The van der Waals surface area contributed by atoms with Gasteiger partial charge in [0, 0.05) is 5.75 Å². The molecular weight excluding hydrogens is 200 g/mol. The fourth-order valence-corrected chi connectivity index (χ4v) is 1.25. The van der Waals surface area contributed by atoms with Crippen molar-refractivity contribution in [3.8, 4) is 5.75 Å². The number of aromatic carboxylic acids is 1. The molecule has 0 amide bonds. The number of hydrogen-bond acceptors (Lipinski definition) is 3. The minimum Gasteiger partial charge on any atom is -0.492 e. The van der Waals surface area contributed by atoms with Crippen molar-refractivity contribution >= 4 is 17.7 Å². The molecule has 1 aromatic carbocycles. The van der Waals surface area contributed by atoms with E-state index in [9.17, 15) is 4.79 Å². The molecule has 14 heavy (non-hydrogen) atoms. The molecule has 0 saturated carbocycles. The Morgan fingerprint density at radius 3 is 2.86 bits per heavy atom. The summed E-state index contributed by atoms with van der Waals surface area (Å²) in [7, 11) is 0. The molecule has 0 saturated heterocycles. The SMILES string of the molecule is CSCCOc1ccccc1C(=O)O. The Kier molecular flexibility index (Phi) is 4.32. The first-order valence-corrected chi connectivity index (χ1v) is 5.59. The maximum atomic E-state index is 10.8. The van der Waals surface area contributed by atoms with E-state index in [4.69, 9.17) is 9.84 Å². The maximum absolute atomic E-state index is 10.8. The second kappa shape index (κ2) is 5.54. The van der Waals surface area contributed by atoms with Crippen molar-refractivity contribution in [2.75, 3.05) is 18.6 Å². The lowest BCUT2D eigenvalue weighted by atomic mass is 10.2. The van der Waals surface area contributed by atoms with Gasteiger partial charge in [0.1, 0.15) is 11.3 Å². The molecule has 0 radical (unpaired) electrons. The minimum absolute atomic E-state index is 0.216. The lowest BCUT2D eigenvalue weighted by Gasteiger charge is -2.07. The van der Waals surface area contributed by atoms with Crippen LogP contribution in [0.1, 0.15) is 10.4 Å². The number of benzene rings is 1. The zero-order valence-electron chi connectivity index (χ0n) is 7.90. The second-order valence-electron chi connectivity index (χ2n) is 2.64. The van der Waals surface area contributed by atoms with Crippen LogP contribution in [-0.4, -0.2) is 29.7 Å². The molecule has 0 spiro atoms. The third-order valence-electron chi connectivity index (χ3n) is 1.66. The monoisotopic (exact) mass is 212 g/mol. The van der Waals surface area contributed by atoms with Crippen LogP contribution in [-0.2, 0) is 0 Å². The van der Waals surface area contributed by atoms with Crippen LogP contribution in [0.5, 0.6) is 5.75 Å². The Labute approximate surface area is 87.1 Å². The average molecular weight is 212 g/mol. The van der Waals surface area contributed by atoms with Crippen LogP contribution in [0.4, 0.5) is 0 Å². The Hall–Kier alpha value is -1.16. The lowest BCUT2D eigenvalue weighted by molar-refractivity contribution is 0.0692. The molecule has 0 atom stereocenters. The van der Waals surface area contributed by atoms with Crippen LogP contribution in [0.2, 0.25) is 0 Å². The van der Waals surface area contributed by atoms with Crippen molar-refractivity contribution in [3.63, 3.8) is 0 Å². The first kappa shape index (κ1) is 10.9. The lowest BCUT2D eigenvalue weighted by Crippen LogP contribution is -2.05. The van der Waals surface area contributed by atoms with Crippen LogP contribution in [0, 0.1) is 0 Å². The normalized spacial score (nSPS) is 9.79. The number of carboxylic acid groups (broad SMARTS) is 1. The van der Waals surface area contributed by atoms with Crippen LogP contribution >= 0.6 is 11.8 Å². The van der Waals surface area contributed by atoms with Crippen molar-refractivity contribution in [2.45, 2.75) is 0 Å². The van der Waals surface area contributed by atoms with Gasteiger partial charge in [0.05, 0.1) is 6.61 Å². The predicted molar refractivity (Wildman–Crippen MR) is 57.3 cm³/mol. The van der Waals surface area contributed by atoms with Gasteiger partial charge in [-0.25, -0.2) is 4.79 Å². The van der Waals surface area contributed by atoms with Gasteiger partial charge in [-0.15, -0.1) is 0 Å². The van der Waals surface area contributed by atoms with E-state index in [2.05, 4.69) is 0 Å². The fourth-order valence-electron chi connectivity index (χ4n) is 1.00. The van der Waals surface area contributed by atoms with Gasteiger partial charge in [-0.2, -0.15) is 11.8 Å². The molecule has 0 aliphatic carbocycles. The Balaban J connectivity index is 2.69. The summed E-state index contributed by atoms with van der Waals surface area (Å²) in [6, 6.07) is 6.66. The molecule has 0 aliphatic heterocycles. The minimum atomic E-state index is -0.954. The summed E-state index contributed by atoms with van der Waals surface area (Å²) >= 11 is 1.66. The largest absolute Gasteiger partial charge is 0.492 e. The number of thioether (sulfide) groups is 1. The van der Waals surface area contributed by atoms with E-state index in [0.29, 0.717) is 12.4 Å². The van der Waals surface area contributed by atoms with Crippen LogP contribution < -0.4 is 4.74 Å². The number of hydrogen-bond donors (Lipinski definition) is 1. The molecule has 76 valence electrons. The van der Waals surface area contributed by atoms with Crippen LogP contribution in [0.15, 0.2) is 24.3 Å². The summed E-state index contributed by atoms with van der Waals surface area (Å²) in [5, 5.41) is 8.84. The highest BCUT2D eigenvalue weighted by Crippen LogP contribution is 2.17. The highest BCUT2D eigenvalue weighted by molar-refractivity contribution is 7.98. The third kappa shape index (κ3) is 2.96. The van der Waals surface area contributed by atoms with E-state index in [1.807, 2.05) is 6.26 Å². The van der Waals surface area contributed by atoms with E-state index < -0.39 is 5.97 Å². The molecule has 0 aromatic heterocycles. The Bertz CT molecular complexity index is 312. The second-order valence-corrected chi connectivity index (χ2v) is 3.63. The zero-order chi connectivity index (χ0) is 10.4. The van der Waals surface area contributed by atoms with E-state index in [-0.39, 0.29) is 5.56 Å². The summed E-state index contributed by atoms with van der Waals surface area (Å²) in [6.45, 7) is 0.533. The highest BCUT2D eigenvalue weighted by atomic mass is 32.2. The van der Waals surface area contributed by atoms with Crippen molar-refractivity contribution in [3.05, 3.63) is 29.8 Å². The summed E-state index contributed by atoms with van der Waals surface area (Å²) in [5.74, 6) is 0.340. The Morgan fingerprint density at radius 1 is 1.50 bits per heavy atom. The molecule has 0 heterocycles.